The number of rotatable bonds is 3. The number of nitrogens with zero attached hydrogens (tertiary/aromatic N) is 1. The van der Waals surface area contributed by atoms with Crippen LogP contribution in [-0.4, -0.2) is 23.9 Å². The fourth-order valence-corrected chi connectivity index (χ4v) is 1.86. The Morgan fingerprint density at radius 2 is 2.17 bits per heavy atom. The van der Waals surface area contributed by atoms with Crippen molar-refractivity contribution in [2.75, 3.05) is 6.61 Å². The van der Waals surface area contributed by atoms with Crippen molar-refractivity contribution in [2.45, 2.75) is 25.9 Å². The Bertz CT molecular complexity index is 484. The third-order valence-electron chi connectivity index (χ3n) is 2.75. The maximum Gasteiger partial charge on any atom is 0.353 e. The van der Waals surface area contributed by atoms with Gasteiger partial charge in [0, 0.05) is 11.4 Å². The third-order valence-corrected chi connectivity index (χ3v) is 3.00. The van der Waals surface area contributed by atoms with Crippen LogP contribution in [0.2, 0.25) is 5.02 Å². The van der Waals surface area contributed by atoms with Gasteiger partial charge in [-0.25, -0.2) is 4.79 Å². The molecular weight excluding hydrogens is 254 g/mol. The predicted octanol–water partition coefficient (Wildman–Crippen LogP) is 2.79. The van der Waals surface area contributed by atoms with Crippen LogP contribution in [0.3, 0.4) is 0 Å². The topological polar surface area (TPSA) is 47.9 Å². The lowest BCUT2D eigenvalue weighted by Crippen LogP contribution is -2.37. The zero-order valence-corrected chi connectivity index (χ0v) is 11.0. The molecule has 1 aromatic carbocycles. The van der Waals surface area contributed by atoms with Crippen LogP contribution >= 0.6 is 11.6 Å². The summed E-state index contributed by atoms with van der Waals surface area (Å²) in [5.74, 6) is -0.391. The van der Waals surface area contributed by atoms with Gasteiger partial charge in [0.05, 0.1) is 12.3 Å². The van der Waals surface area contributed by atoms with Crippen LogP contribution in [0.25, 0.3) is 0 Å². The van der Waals surface area contributed by atoms with Gasteiger partial charge in [-0.3, -0.25) is 0 Å². The molecule has 1 unspecified atom stereocenters. The lowest BCUT2D eigenvalue weighted by molar-refractivity contribution is -0.166. The first kappa shape index (κ1) is 12.9. The normalized spacial score (nSPS) is 22.3. The molecule has 0 N–H and O–H groups in total. The number of oxime groups is 1. The highest BCUT2D eigenvalue weighted by molar-refractivity contribution is 6.30. The number of halogens is 1. The largest absolute Gasteiger partial charge is 0.463 e. The Morgan fingerprint density at radius 3 is 2.78 bits per heavy atom. The predicted molar refractivity (Wildman–Crippen MR) is 68.7 cm³/mol. The van der Waals surface area contributed by atoms with E-state index in [4.69, 9.17) is 21.2 Å². The highest BCUT2D eigenvalue weighted by Gasteiger charge is 2.43. The molecule has 18 heavy (non-hydrogen) atoms. The monoisotopic (exact) mass is 267 g/mol. The second-order valence-electron chi connectivity index (χ2n) is 4.26. The van der Waals surface area contributed by atoms with Gasteiger partial charge >= 0.3 is 5.97 Å². The first-order valence-electron chi connectivity index (χ1n) is 5.73. The number of benzene rings is 1. The fourth-order valence-electron chi connectivity index (χ4n) is 1.73. The summed E-state index contributed by atoms with van der Waals surface area (Å²) in [4.78, 5) is 17.0. The zero-order chi connectivity index (χ0) is 13.2. The molecule has 0 radical (unpaired) electrons. The average Bonchev–Trinajstić information content (AvgIpc) is 2.75. The van der Waals surface area contributed by atoms with Crippen molar-refractivity contribution in [1.29, 1.82) is 0 Å². The maximum absolute atomic E-state index is 11.8. The van der Waals surface area contributed by atoms with E-state index in [1.807, 2.05) is 12.1 Å². The average molecular weight is 268 g/mol. The molecule has 4 nitrogen and oxygen atoms in total. The molecule has 5 heteroatoms. The molecule has 1 atom stereocenters. The lowest BCUT2D eigenvalue weighted by atomic mass is 9.96. The molecule has 0 saturated carbocycles. The van der Waals surface area contributed by atoms with Crippen molar-refractivity contribution in [2.24, 2.45) is 5.16 Å². The van der Waals surface area contributed by atoms with Gasteiger partial charge in [-0.1, -0.05) is 28.9 Å². The number of carbonyl (C=O) groups is 1. The van der Waals surface area contributed by atoms with Gasteiger partial charge in [-0.05, 0) is 31.5 Å². The number of carbonyl (C=O) groups excluding carboxylic acids is 1. The van der Waals surface area contributed by atoms with Crippen LogP contribution in [0.15, 0.2) is 29.4 Å². The Balaban J connectivity index is 2.12. The Morgan fingerprint density at radius 1 is 1.50 bits per heavy atom. The molecule has 2 rings (SSSR count). The Labute approximate surface area is 111 Å². The molecule has 0 saturated heterocycles. The summed E-state index contributed by atoms with van der Waals surface area (Å²) in [5, 5.41) is 4.62. The maximum atomic E-state index is 11.8. The first-order valence-corrected chi connectivity index (χ1v) is 6.11. The molecular formula is C13H14ClNO3. The third kappa shape index (κ3) is 2.48. The number of esters is 1. The highest BCUT2D eigenvalue weighted by Crippen LogP contribution is 2.28. The van der Waals surface area contributed by atoms with E-state index in [1.54, 1.807) is 26.0 Å². The highest BCUT2D eigenvalue weighted by atomic mass is 35.5. The second kappa shape index (κ2) is 4.98. The van der Waals surface area contributed by atoms with Crippen molar-refractivity contribution in [3.05, 3.63) is 34.9 Å². The van der Waals surface area contributed by atoms with Crippen LogP contribution in [0.1, 0.15) is 25.8 Å². The van der Waals surface area contributed by atoms with Crippen LogP contribution in [0.5, 0.6) is 0 Å². The summed E-state index contributed by atoms with van der Waals surface area (Å²) in [5.41, 5.74) is 0.597. The summed E-state index contributed by atoms with van der Waals surface area (Å²) in [6, 6.07) is 7.25. The molecule has 0 amide bonds. The van der Waals surface area contributed by atoms with E-state index in [0.717, 1.165) is 11.3 Å². The van der Waals surface area contributed by atoms with Gasteiger partial charge in [0.1, 0.15) is 0 Å². The van der Waals surface area contributed by atoms with Crippen molar-refractivity contribution >= 4 is 23.3 Å². The minimum atomic E-state index is -1.02. The minimum Gasteiger partial charge on any atom is -0.463 e. The van der Waals surface area contributed by atoms with Crippen LogP contribution in [0, 0.1) is 0 Å². The van der Waals surface area contributed by atoms with Gasteiger partial charge in [0.15, 0.2) is 0 Å². The molecule has 1 aliphatic rings. The smallest absolute Gasteiger partial charge is 0.353 e. The van der Waals surface area contributed by atoms with Gasteiger partial charge in [-0.2, -0.15) is 0 Å². The molecule has 0 bridgehead atoms. The SMILES string of the molecule is CCOC(=O)C1(C)CC(c2ccc(Cl)cc2)=NO1. The van der Waals surface area contributed by atoms with Gasteiger partial charge in [0.2, 0.25) is 5.60 Å². The summed E-state index contributed by atoms with van der Waals surface area (Å²) in [7, 11) is 0. The van der Waals surface area contributed by atoms with Gasteiger partial charge in [-0.15, -0.1) is 0 Å². The summed E-state index contributed by atoms with van der Waals surface area (Å²) < 4.78 is 4.97. The van der Waals surface area contributed by atoms with Crippen molar-refractivity contribution in [3.63, 3.8) is 0 Å². The van der Waals surface area contributed by atoms with Gasteiger partial charge in [0.25, 0.3) is 0 Å². The number of hydrogen-bond acceptors (Lipinski definition) is 4. The van der Waals surface area contributed by atoms with E-state index >= 15 is 0 Å². The van der Waals surface area contributed by atoms with Crippen LogP contribution in [-0.2, 0) is 14.4 Å². The molecule has 0 aromatic heterocycles. The molecule has 0 aliphatic carbocycles. The van der Waals surface area contributed by atoms with E-state index in [0.29, 0.717) is 18.1 Å². The molecule has 96 valence electrons. The fraction of sp³-hybridized carbons (Fsp3) is 0.385. The second-order valence-corrected chi connectivity index (χ2v) is 4.70. The van der Waals surface area contributed by atoms with Crippen LogP contribution in [0.4, 0.5) is 0 Å². The van der Waals surface area contributed by atoms with Gasteiger partial charge < -0.3 is 9.57 Å². The molecule has 0 fully saturated rings. The van der Waals surface area contributed by atoms with Crippen molar-refractivity contribution in [1.82, 2.24) is 0 Å². The van der Waals surface area contributed by atoms with Crippen LogP contribution < -0.4 is 0 Å². The summed E-state index contributed by atoms with van der Waals surface area (Å²) in [6.45, 7) is 3.77. The Hall–Kier alpha value is -1.55. The molecule has 1 aliphatic heterocycles. The number of hydrogen-bond donors (Lipinski definition) is 0. The minimum absolute atomic E-state index is 0.327. The van der Waals surface area contributed by atoms with Crippen molar-refractivity contribution < 1.29 is 14.4 Å². The Kier molecular flexibility index (Phi) is 3.57. The lowest BCUT2D eigenvalue weighted by Gasteiger charge is -2.18. The standard InChI is InChI=1S/C13H14ClNO3/c1-3-17-12(16)13(2)8-11(15-18-13)9-4-6-10(14)7-5-9/h4-7H,3,8H2,1-2H3. The number of ether oxygens (including phenoxy) is 1. The summed E-state index contributed by atoms with van der Waals surface area (Å²) in [6.07, 6.45) is 0.396. The quantitative estimate of drug-likeness (QED) is 0.791. The van der Waals surface area contributed by atoms with E-state index in [1.165, 1.54) is 0 Å². The molecule has 1 heterocycles. The molecule has 0 spiro atoms. The van der Waals surface area contributed by atoms with Crippen molar-refractivity contribution in [3.8, 4) is 0 Å². The van der Waals surface area contributed by atoms with E-state index in [9.17, 15) is 4.79 Å². The zero-order valence-electron chi connectivity index (χ0n) is 10.3. The molecule has 1 aromatic rings. The first-order chi connectivity index (χ1) is 8.55. The van der Waals surface area contributed by atoms with E-state index in [-0.39, 0.29) is 0 Å². The van der Waals surface area contributed by atoms with E-state index in [2.05, 4.69) is 5.16 Å². The van der Waals surface area contributed by atoms with E-state index < -0.39 is 11.6 Å². The summed E-state index contributed by atoms with van der Waals surface area (Å²) >= 11 is 5.82.